The minimum atomic E-state index is 0.0865. The molecule has 1 aliphatic heterocycles. The summed E-state index contributed by atoms with van der Waals surface area (Å²) in [4.78, 5) is 25.4. The molecule has 2 N–H and O–H groups in total. The van der Waals surface area contributed by atoms with Crippen molar-refractivity contribution >= 4 is 11.9 Å². The van der Waals surface area contributed by atoms with Crippen molar-refractivity contribution in [1.29, 1.82) is 0 Å². The Hall–Kier alpha value is -1.26. The normalized spacial score (nSPS) is 23.6. The smallest absolute Gasteiger partial charge is 0.317 e. The lowest BCUT2D eigenvalue weighted by Crippen LogP contribution is -2.49. The van der Waals surface area contributed by atoms with Crippen LogP contribution in [0, 0.1) is 5.92 Å². The Balaban J connectivity index is 1.74. The maximum atomic E-state index is 12.2. The number of rotatable bonds is 4. The van der Waals surface area contributed by atoms with E-state index in [9.17, 15) is 9.59 Å². The third-order valence-corrected chi connectivity index (χ3v) is 4.40. The second-order valence-corrected chi connectivity index (χ2v) is 6.04. The number of hydrogen-bond donors (Lipinski definition) is 2. The molecular weight excluding hydrogens is 254 g/mol. The summed E-state index contributed by atoms with van der Waals surface area (Å²) in [7, 11) is 0. The summed E-state index contributed by atoms with van der Waals surface area (Å²) >= 11 is 0. The Morgan fingerprint density at radius 2 is 1.90 bits per heavy atom. The van der Waals surface area contributed by atoms with Crippen LogP contribution in [0.1, 0.15) is 51.9 Å². The third-order valence-electron chi connectivity index (χ3n) is 4.40. The topological polar surface area (TPSA) is 61.4 Å². The van der Waals surface area contributed by atoms with Crippen LogP contribution in [0.2, 0.25) is 0 Å². The molecule has 1 atom stereocenters. The minimum absolute atomic E-state index is 0.0865. The molecule has 0 aromatic rings. The highest BCUT2D eigenvalue weighted by molar-refractivity contribution is 5.75. The number of urea groups is 1. The molecule has 1 heterocycles. The standard InChI is InChI=1S/C15H27N3O2/c1-2-14(19)16-10-12-6-5-9-18(11-12)15(20)17-13-7-3-4-8-13/h12-13H,2-11H2,1H3,(H,16,19)(H,17,20). The van der Waals surface area contributed by atoms with Gasteiger partial charge in [-0.1, -0.05) is 19.8 Å². The molecule has 0 bridgehead atoms. The van der Waals surface area contributed by atoms with Gasteiger partial charge in [0.2, 0.25) is 5.91 Å². The first-order chi connectivity index (χ1) is 9.69. The fourth-order valence-electron chi connectivity index (χ4n) is 3.14. The van der Waals surface area contributed by atoms with Gasteiger partial charge in [0.25, 0.3) is 0 Å². The van der Waals surface area contributed by atoms with Gasteiger partial charge in [-0.25, -0.2) is 4.79 Å². The second-order valence-electron chi connectivity index (χ2n) is 6.04. The van der Waals surface area contributed by atoms with Crippen molar-refractivity contribution in [1.82, 2.24) is 15.5 Å². The maximum absolute atomic E-state index is 12.2. The average molecular weight is 281 g/mol. The average Bonchev–Trinajstić information content (AvgIpc) is 2.98. The molecule has 2 rings (SSSR count). The monoisotopic (exact) mass is 281 g/mol. The molecular formula is C15H27N3O2. The number of piperidine rings is 1. The van der Waals surface area contributed by atoms with Crippen molar-refractivity contribution in [2.75, 3.05) is 19.6 Å². The van der Waals surface area contributed by atoms with Gasteiger partial charge in [0, 0.05) is 32.1 Å². The van der Waals surface area contributed by atoms with E-state index in [0.717, 1.165) is 38.8 Å². The number of amides is 3. The molecule has 0 aromatic heterocycles. The van der Waals surface area contributed by atoms with E-state index in [0.29, 0.717) is 24.9 Å². The van der Waals surface area contributed by atoms with Gasteiger partial charge in [-0.05, 0) is 31.6 Å². The molecule has 1 aliphatic carbocycles. The van der Waals surface area contributed by atoms with E-state index in [-0.39, 0.29) is 11.9 Å². The summed E-state index contributed by atoms with van der Waals surface area (Å²) in [5.41, 5.74) is 0. The van der Waals surface area contributed by atoms with Crippen LogP contribution in [0.15, 0.2) is 0 Å². The summed E-state index contributed by atoms with van der Waals surface area (Å²) < 4.78 is 0. The van der Waals surface area contributed by atoms with Crippen LogP contribution in [0.5, 0.6) is 0 Å². The molecule has 114 valence electrons. The summed E-state index contributed by atoms with van der Waals surface area (Å²) in [6.45, 7) is 4.16. The fourth-order valence-corrected chi connectivity index (χ4v) is 3.14. The van der Waals surface area contributed by atoms with Gasteiger partial charge in [0.1, 0.15) is 0 Å². The van der Waals surface area contributed by atoms with Gasteiger partial charge in [-0.3, -0.25) is 4.79 Å². The lowest BCUT2D eigenvalue weighted by molar-refractivity contribution is -0.121. The zero-order valence-electron chi connectivity index (χ0n) is 12.5. The number of carbonyl (C=O) groups is 2. The molecule has 0 spiro atoms. The van der Waals surface area contributed by atoms with Crippen LogP contribution >= 0.6 is 0 Å². The van der Waals surface area contributed by atoms with E-state index in [2.05, 4.69) is 10.6 Å². The zero-order valence-corrected chi connectivity index (χ0v) is 12.5. The Kier molecular flexibility index (Phi) is 5.68. The van der Waals surface area contributed by atoms with Gasteiger partial charge >= 0.3 is 6.03 Å². The highest BCUT2D eigenvalue weighted by Crippen LogP contribution is 2.19. The summed E-state index contributed by atoms with van der Waals surface area (Å²) in [6, 6.07) is 0.464. The predicted molar refractivity (Wildman–Crippen MR) is 78.4 cm³/mol. The van der Waals surface area contributed by atoms with Crippen molar-refractivity contribution in [3.8, 4) is 0 Å². The number of hydrogen-bond acceptors (Lipinski definition) is 2. The largest absolute Gasteiger partial charge is 0.356 e. The maximum Gasteiger partial charge on any atom is 0.317 e. The molecule has 2 aliphatic rings. The van der Waals surface area contributed by atoms with Crippen LogP contribution in [-0.4, -0.2) is 42.5 Å². The zero-order chi connectivity index (χ0) is 14.4. The van der Waals surface area contributed by atoms with Crippen LogP contribution in [0.4, 0.5) is 4.79 Å². The molecule has 1 saturated heterocycles. The van der Waals surface area contributed by atoms with Gasteiger partial charge in [-0.2, -0.15) is 0 Å². The van der Waals surface area contributed by atoms with E-state index in [4.69, 9.17) is 0 Å². The van der Waals surface area contributed by atoms with Gasteiger partial charge in [0.15, 0.2) is 0 Å². The molecule has 5 nitrogen and oxygen atoms in total. The molecule has 0 radical (unpaired) electrons. The quantitative estimate of drug-likeness (QED) is 0.826. The van der Waals surface area contributed by atoms with Gasteiger partial charge in [-0.15, -0.1) is 0 Å². The van der Waals surface area contributed by atoms with Crippen molar-refractivity contribution in [3.63, 3.8) is 0 Å². The van der Waals surface area contributed by atoms with Crippen molar-refractivity contribution < 1.29 is 9.59 Å². The second kappa shape index (κ2) is 7.50. The van der Waals surface area contributed by atoms with E-state index < -0.39 is 0 Å². The van der Waals surface area contributed by atoms with E-state index in [1.165, 1.54) is 12.8 Å². The van der Waals surface area contributed by atoms with Gasteiger partial charge < -0.3 is 15.5 Å². The first kappa shape index (κ1) is 15.1. The Morgan fingerprint density at radius 3 is 2.60 bits per heavy atom. The Bertz CT molecular complexity index is 340. The number of nitrogens with one attached hydrogen (secondary N) is 2. The van der Waals surface area contributed by atoms with E-state index in [1.807, 2.05) is 11.8 Å². The van der Waals surface area contributed by atoms with Crippen LogP contribution in [-0.2, 0) is 4.79 Å². The molecule has 3 amide bonds. The minimum Gasteiger partial charge on any atom is -0.356 e. The molecule has 5 heteroatoms. The molecule has 2 fully saturated rings. The summed E-state index contributed by atoms with van der Waals surface area (Å²) in [6.07, 6.45) is 7.36. The van der Waals surface area contributed by atoms with Crippen LogP contribution in [0.25, 0.3) is 0 Å². The number of nitrogens with zero attached hydrogens (tertiary/aromatic N) is 1. The SMILES string of the molecule is CCC(=O)NCC1CCCN(C(=O)NC2CCCC2)C1. The summed E-state index contributed by atoms with van der Waals surface area (Å²) in [5.74, 6) is 0.492. The Morgan fingerprint density at radius 1 is 1.15 bits per heavy atom. The van der Waals surface area contributed by atoms with Gasteiger partial charge in [0.05, 0.1) is 0 Å². The van der Waals surface area contributed by atoms with E-state index >= 15 is 0 Å². The lowest BCUT2D eigenvalue weighted by atomic mass is 9.98. The third kappa shape index (κ3) is 4.39. The molecule has 1 unspecified atom stereocenters. The van der Waals surface area contributed by atoms with Crippen molar-refractivity contribution in [3.05, 3.63) is 0 Å². The van der Waals surface area contributed by atoms with Crippen LogP contribution in [0.3, 0.4) is 0 Å². The fraction of sp³-hybridized carbons (Fsp3) is 0.867. The van der Waals surface area contributed by atoms with Crippen molar-refractivity contribution in [2.45, 2.75) is 57.9 Å². The van der Waals surface area contributed by atoms with Crippen molar-refractivity contribution in [2.24, 2.45) is 5.92 Å². The highest BCUT2D eigenvalue weighted by atomic mass is 16.2. The molecule has 1 saturated carbocycles. The number of likely N-dealkylation sites (tertiary alicyclic amines) is 1. The first-order valence-electron chi connectivity index (χ1n) is 8.01. The first-order valence-corrected chi connectivity index (χ1v) is 8.01. The predicted octanol–water partition coefficient (Wildman–Crippen LogP) is 1.88. The van der Waals surface area contributed by atoms with E-state index in [1.54, 1.807) is 0 Å². The Labute approximate surface area is 121 Å². The lowest BCUT2D eigenvalue weighted by Gasteiger charge is -2.33. The van der Waals surface area contributed by atoms with Crippen LogP contribution < -0.4 is 10.6 Å². The highest BCUT2D eigenvalue weighted by Gasteiger charge is 2.26. The summed E-state index contributed by atoms with van der Waals surface area (Å²) in [5, 5.41) is 6.08. The molecule has 20 heavy (non-hydrogen) atoms. The molecule has 0 aromatic carbocycles. The number of carbonyl (C=O) groups excluding carboxylic acids is 2.